The molecule has 1 aliphatic heterocycles. The summed E-state index contributed by atoms with van der Waals surface area (Å²) in [5.41, 5.74) is 3.08. The van der Waals surface area contributed by atoms with Gasteiger partial charge in [-0.2, -0.15) is 0 Å². The zero-order valence-corrected chi connectivity index (χ0v) is 15.3. The third-order valence-electron chi connectivity index (χ3n) is 4.97. The number of hydrogen-bond donors (Lipinski definition) is 0. The van der Waals surface area contributed by atoms with Crippen molar-refractivity contribution in [2.24, 2.45) is 0 Å². The number of para-hydroxylation sites is 1. The number of carbonyl (C=O) groups excluding carboxylic acids is 1. The first-order chi connectivity index (χ1) is 12.3. The molecule has 0 spiro atoms. The maximum atomic E-state index is 13.1. The van der Waals surface area contributed by atoms with Crippen molar-refractivity contribution < 1.29 is 4.79 Å². The number of aryl methyl sites for hydroxylation is 1. The monoisotopic (exact) mass is 350 g/mol. The van der Waals surface area contributed by atoms with Crippen LogP contribution in [0, 0.1) is 0 Å². The topological polar surface area (TPSA) is 33.2 Å². The lowest BCUT2D eigenvalue weighted by Crippen LogP contribution is -2.38. The van der Waals surface area contributed by atoms with Gasteiger partial charge < -0.3 is 4.90 Å². The van der Waals surface area contributed by atoms with Crippen molar-refractivity contribution in [2.45, 2.75) is 38.6 Å². The van der Waals surface area contributed by atoms with Gasteiger partial charge in [0.25, 0.3) is 5.91 Å². The Balaban J connectivity index is 1.64. The molecule has 1 amide bonds. The van der Waals surface area contributed by atoms with Crippen LogP contribution in [0.4, 0.5) is 0 Å². The number of nitrogens with zero attached hydrogens (tertiary/aromatic N) is 2. The van der Waals surface area contributed by atoms with Crippen molar-refractivity contribution >= 4 is 27.5 Å². The predicted molar refractivity (Wildman–Crippen MR) is 103 cm³/mol. The average molecular weight is 350 g/mol. The zero-order valence-electron chi connectivity index (χ0n) is 14.4. The van der Waals surface area contributed by atoms with Gasteiger partial charge in [-0.1, -0.05) is 31.2 Å². The van der Waals surface area contributed by atoms with Crippen LogP contribution >= 0.6 is 11.3 Å². The molecule has 0 saturated carbocycles. The summed E-state index contributed by atoms with van der Waals surface area (Å²) in [6.07, 6.45) is 4.21. The summed E-state index contributed by atoms with van der Waals surface area (Å²) >= 11 is 1.72. The average Bonchev–Trinajstić information content (AvgIpc) is 3.11. The van der Waals surface area contributed by atoms with E-state index < -0.39 is 0 Å². The van der Waals surface area contributed by atoms with Crippen LogP contribution < -0.4 is 0 Å². The van der Waals surface area contributed by atoms with Crippen LogP contribution in [0.2, 0.25) is 0 Å². The fourth-order valence-electron chi connectivity index (χ4n) is 3.51. The van der Waals surface area contributed by atoms with Crippen molar-refractivity contribution in [3.05, 3.63) is 64.7 Å². The molecule has 1 aliphatic rings. The molecule has 25 heavy (non-hydrogen) atoms. The summed E-state index contributed by atoms with van der Waals surface area (Å²) in [4.78, 5) is 19.9. The van der Waals surface area contributed by atoms with Crippen LogP contribution in [0.25, 0.3) is 10.2 Å². The lowest BCUT2D eigenvalue weighted by molar-refractivity contribution is 0.0611. The van der Waals surface area contributed by atoms with E-state index in [2.05, 4.69) is 25.1 Å². The second-order valence-corrected chi connectivity index (χ2v) is 7.64. The molecule has 4 heteroatoms. The third-order valence-corrected chi connectivity index (χ3v) is 6.11. The van der Waals surface area contributed by atoms with Gasteiger partial charge in [0.05, 0.1) is 16.3 Å². The van der Waals surface area contributed by atoms with E-state index in [1.54, 1.807) is 11.3 Å². The van der Waals surface area contributed by atoms with E-state index in [1.807, 2.05) is 35.2 Å². The maximum absolute atomic E-state index is 13.1. The minimum Gasteiger partial charge on any atom is -0.329 e. The second-order valence-electron chi connectivity index (χ2n) is 6.58. The van der Waals surface area contributed by atoms with Gasteiger partial charge in [0.2, 0.25) is 0 Å². The Morgan fingerprint density at radius 3 is 2.72 bits per heavy atom. The number of amides is 1. The summed E-state index contributed by atoms with van der Waals surface area (Å²) in [6, 6.07) is 16.4. The quantitative estimate of drug-likeness (QED) is 0.648. The Labute approximate surface area is 152 Å². The molecule has 0 aliphatic carbocycles. The van der Waals surface area contributed by atoms with E-state index >= 15 is 0 Å². The van der Waals surface area contributed by atoms with Gasteiger partial charge in [0.15, 0.2) is 0 Å². The number of hydrogen-bond acceptors (Lipinski definition) is 3. The minimum absolute atomic E-state index is 0.101. The predicted octanol–water partition coefficient (Wildman–Crippen LogP) is 5.23. The Morgan fingerprint density at radius 2 is 1.96 bits per heavy atom. The number of fused-ring (bicyclic) bond motifs is 1. The molecule has 1 unspecified atom stereocenters. The largest absolute Gasteiger partial charge is 0.329 e. The van der Waals surface area contributed by atoms with E-state index in [1.165, 1.54) is 10.3 Å². The van der Waals surface area contributed by atoms with Crippen molar-refractivity contribution in [1.82, 2.24) is 9.88 Å². The Hall–Kier alpha value is -2.20. The molecule has 128 valence electrons. The summed E-state index contributed by atoms with van der Waals surface area (Å²) in [5.74, 6) is 0.131. The highest BCUT2D eigenvalue weighted by Gasteiger charge is 2.30. The normalized spacial score (nSPS) is 17.8. The van der Waals surface area contributed by atoms with Gasteiger partial charge in [-0.15, -0.1) is 11.3 Å². The molecule has 0 N–H and O–H groups in total. The molecule has 1 fully saturated rings. The molecule has 2 aromatic carbocycles. The molecule has 2 heterocycles. The first-order valence-corrected chi connectivity index (χ1v) is 9.83. The standard InChI is InChI=1S/C21H22N2OS/c1-2-15-10-12-16(13-11-15)21(24)23-14-6-5-8-18(23)20-22-17-7-3-4-9-19(17)25-20/h3-4,7,9-13,18H,2,5-6,8,14H2,1H3. The van der Waals surface area contributed by atoms with E-state index in [9.17, 15) is 4.79 Å². The van der Waals surface area contributed by atoms with Crippen molar-refractivity contribution in [1.29, 1.82) is 0 Å². The number of likely N-dealkylation sites (tertiary alicyclic amines) is 1. The van der Waals surface area contributed by atoms with Gasteiger partial charge >= 0.3 is 0 Å². The number of thiazole rings is 1. The third kappa shape index (κ3) is 3.19. The van der Waals surface area contributed by atoms with Crippen LogP contribution in [0.5, 0.6) is 0 Å². The molecular weight excluding hydrogens is 328 g/mol. The molecule has 1 aromatic heterocycles. The zero-order chi connectivity index (χ0) is 17.2. The van der Waals surface area contributed by atoms with E-state index in [-0.39, 0.29) is 11.9 Å². The lowest BCUT2D eigenvalue weighted by Gasteiger charge is -2.34. The van der Waals surface area contributed by atoms with Gasteiger partial charge in [-0.25, -0.2) is 4.98 Å². The Morgan fingerprint density at radius 1 is 1.16 bits per heavy atom. The highest BCUT2D eigenvalue weighted by atomic mass is 32.1. The van der Waals surface area contributed by atoms with Crippen molar-refractivity contribution in [2.75, 3.05) is 6.54 Å². The van der Waals surface area contributed by atoms with Gasteiger partial charge in [-0.05, 0) is 55.5 Å². The summed E-state index contributed by atoms with van der Waals surface area (Å²) in [7, 11) is 0. The molecule has 3 aromatic rings. The first-order valence-electron chi connectivity index (χ1n) is 9.01. The summed E-state index contributed by atoms with van der Waals surface area (Å²) in [5, 5.41) is 1.07. The van der Waals surface area contributed by atoms with Gasteiger partial charge in [0.1, 0.15) is 5.01 Å². The van der Waals surface area contributed by atoms with Crippen LogP contribution in [0.1, 0.15) is 53.2 Å². The van der Waals surface area contributed by atoms with Crippen LogP contribution in [0.3, 0.4) is 0 Å². The maximum Gasteiger partial charge on any atom is 0.254 e. The summed E-state index contributed by atoms with van der Waals surface area (Å²) < 4.78 is 1.20. The number of piperidine rings is 1. The second kappa shape index (κ2) is 6.96. The summed E-state index contributed by atoms with van der Waals surface area (Å²) in [6.45, 7) is 2.94. The van der Waals surface area contributed by atoms with Crippen LogP contribution in [0.15, 0.2) is 48.5 Å². The fourth-order valence-corrected chi connectivity index (χ4v) is 4.63. The minimum atomic E-state index is 0.101. The van der Waals surface area contributed by atoms with Gasteiger partial charge in [-0.3, -0.25) is 4.79 Å². The number of benzene rings is 2. The highest BCUT2D eigenvalue weighted by molar-refractivity contribution is 7.18. The van der Waals surface area contributed by atoms with E-state index in [4.69, 9.17) is 4.98 Å². The van der Waals surface area contributed by atoms with Crippen LogP contribution in [-0.2, 0) is 6.42 Å². The number of rotatable bonds is 3. The smallest absolute Gasteiger partial charge is 0.254 e. The van der Waals surface area contributed by atoms with Gasteiger partial charge in [0, 0.05) is 12.1 Å². The van der Waals surface area contributed by atoms with Crippen molar-refractivity contribution in [3.63, 3.8) is 0 Å². The molecule has 1 saturated heterocycles. The molecular formula is C21H22N2OS. The molecule has 0 radical (unpaired) electrons. The molecule has 0 bridgehead atoms. The highest BCUT2D eigenvalue weighted by Crippen LogP contribution is 2.36. The number of carbonyl (C=O) groups is 1. The lowest BCUT2D eigenvalue weighted by atomic mass is 10.0. The molecule has 3 nitrogen and oxygen atoms in total. The molecule has 4 rings (SSSR count). The molecule has 1 atom stereocenters. The van der Waals surface area contributed by atoms with E-state index in [0.717, 1.165) is 48.3 Å². The van der Waals surface area contributed by atoms with E-state index in [0.29, 0.717) is 0 Å². The number of aromatic nitrogens is 1. The Bertz CT molecular complexity index is 851. The SMILES string of the molecule is CCc1ccc(C(=O)N2CCCCC2c2nc3ccccc3s2)cc1. The van der Waals surface area contributed by atoms with Crippen LogP contribution in [-0.4, -0.2) is 22.3 Å². The Kier molecular flexibility index (Phi) is 4.53. The first kappa shape index (κ1) is 16.3. The fraction of sp³-hybridized carbons (Fsp3) is 0.333. The van der Waals surface area contributed by atoms with Crippen molar-refractivity contribution in [3.8, 4) is 0 Å².